The predicted octanol–water partition coefficient (Wildman–Crippen LogP) is 3.19. The maximum Gasteiger partial charge on any atom is 0.251 e. The number of carbonyl (C=O) groups excluding carboxylic acids is 1. The molecule has 0 spiro atoms. The number of carbonyl (C=O) groups is 1. The van der Waals surface area contributed by atoms with Gasteiger partial charge in [0.1, 0.15) is 5.82 Å². The molecule has 2 heterocycles. The van der Waals surface area contributed by atoms with Crippen LogP contribution >= 0.6 is 0 Å². The first kappa shape index (κ1) is 15.6. The summed E-state index contributed by atoms with van der Waals surface area (Å²) in [5.74, 6) is -0.705. The van der Waals surface area contributed by atoms with Crippen LogP contribution in [0.15, 0.2) is 42.7 Å². The normalized spacial score (nSPS) is 19.5. The number of nitrogens with one attached hydrogen (secondary N) is 1. The molecule has 0 aliphatic carbocycles. The first-order chi connectivity index (χ1) is 10.9. The molecular formula is C18H19FN2O2. The summed E-state index contributed by atoms with van der Waals surface area (Å²) < 4.78 is 19.9. The van der Waals surface area contributed by atoms with Gasteiger partial charge >= 0.3 is 0 Å². The number of hydrogen-bond acceptors (Lipinski definition) is 3. The Labute approximate surface area is 134 Å². The Bertz CT molecular complexity index is 716. The van der Waals surface area contributed by atoms with Crippen molar-refractivity contribution >= 4 is 5.91 Å². The average Bonchev–Trinajstić information content (AvgIpc) is 2.86. The number of rotatable bonds is 3. The van der Waals surface area contributed by atoms with Crippen molar-refractivity contribution in [3.05, 3.63) is 54.1 Å². The number of benzene rings is 1. The fourth-order valence-corrected chi connectivity index (χ4v) is 2.82. The maximum absolute atomic E-state index is 14.3. The standard InChI is InChI=1S/C18H19FN2O2/c1-18(2)10-14(11-23-18)21-17(22)13-3-4-15(16(19)9-13)12-5-7-20-8-6-12/h3-9,14H,10-11H2,1-2H3,(H,21,22). The molecule has 1 fully saturated rings. The van der Waals surface area contributed by atoms with Gasteiger partial charge in [0.05, 0.1) is 18.2 Å². The molecule has 120 valence electrons. The van der Waals surface area contributed by atoms with Crippen molar-refractivity contribution in [3.8, 4) is 11.1 Å². The Hall–Kier alpha value is -2.27. The molecule has 5 heteroatoms. The molecule has 2 aromatic rings. The third kappa shape index (κ3) is 3.56. The van der Waals surface area contributed by atoms with Crippen LogP contribution in [0.5, 0.6) is 0 Å². The zero-order chi connectivity index (χ0) is 16.4. The van der Waals surface area contributed by atoms with E-state index in [9.17, 15) is 9.18 Å². The summed E-state index contributed by atoms with van der Waals surface area (Å²) in [7, 11) is 0. The number of nitrogens with zero attached hydrogens (tertiary/aromatic N) is 1. The van der Waals surface area contributed by atoms with E-state index in [2.05, 4.69) is 10.3 Å². The Kier molecular flexibility index (Phi) is 4.13. The van der Waals surface area contributed by atoms with Crippen molar-refractivity contribution < 1.29 is 13.9 Å². The number of ether oxygens (including phenoxy) is 1. The molecule has 0 saturated carbocycles. The molecule has 1 aliphatic heterocycles. The van der Waals surface area contributed by atoms with E-state index < -0.39 is 5.82 Å². The molecule has 3 rings (SSSR count). The van der Waals surface area contributed by atoms with Gasteiger partial charge in [-0.05, 0) is 50.1 Å². The van der Waals surface area contributed by atoms with Gasteiger partial charge in [-0.25, -0.2) is 4.39 Å². The van der Waals surface area contributed by atoms with Gasteiger partial charge < -0.3 is 10.1 Å². The van der Waals surface area contributed by atoms with Gasteiger partial charge in [0.25, 0.3) is 5.91 Å². The monoisotopic (exact) mass is 314 g/mol. The minimum Gasteiger partial charge on any atom is -0.373 e. The molecular weight excluding hydrogens is 295 g/mol. The van der Waals surface area contributed by atoms with Crippen LogP contribution in [0.4, 0.5) is 4.39 Å². The fourth-order valence-electron chi connectivity index (χ4n) is 2.82. The highest BCUT2D eigenvalue weighted by molar-refractivity contribution is 5.95. The van der Waals surface area contributed by atoms with Crippen LogP contribution in [-0.2, 0) is 4.74 Å². The van der Waals surface area contributed by atoms with E-state index in [0.29, 0.717) is 17.7 Å². The second-order valence-electron chi connectivity index (χ2n) is 6.38. The Balaban J connectivity index is 1.74. The van der Waals surface area contributed by atoms with E-state index in [-0.39, 0.29) is 17.6 Å². The van der Waals surface area contributed by atoms with E-state index in [4.69, 9.17) is 4.74 Å². The van der Waals surface area contributed by atoms with Crippen LogP contribution < -0.4 is 5.32 Å². The number of hydrogen-bond donors (Lipinski definition) is 1. The predicted molar refractivity (Wildman–Crippen MR) is 85.5 cm³/mol. The Morgan fingerprint density at radius 2 is 2.04 bits per heavy atom. The van der Waals surface area contributed by atoms with E-state index in [1.165, 1.54) is 6.07 Å². The third-order valence-corrected chi connectivity index (χ3v) is 3.97. The van der Waals surface area contributed by atoms with Crippen molar-refractivity contribution in [3.63, 3.8) is 0 Å². The molecule has 0 radical (unpaired) electrons. The molecule has 0 bridgehead atoms. The van der Waals surface area contributed by atoms with Crippen LogP contribution in [0.3, 0.4) is 0 Å². The van der Waals surface area contributed by atoms with Gasteiger partial charge in [-0.3, -0.25) is 9.78 Å². The summed E-state index contributed by atoms with van der Waals surface area (Å²) >= 11 is 0. The van der Waals surface area contributed by atoms with Gasteiger partial charge in [0.2, 0.25) is 0 Å². The second-order valence-corrected chi connectivity index (χ2v) is 6.38. The highest BCUT2D eigenvalue weighted by atomic mass is 19.1. The lowest BCUT2D eigenvalue weighted by atomic mass is 10.0. The molecule has 1 unspecified atom stereocenters. The van der Waals surface area contributed by atoms with Gasteiger partial charge in [-0.2, -0.15) is 0 Å². The van der Waals surface area contributed by atoms with Gasteiger partial charge in [0.15, 0.2) is 0 Å². The second kappa shape index (κ2) is 6.08. The van der Waals surface area contributed by atoms with Crippen molar-refractivity contribution in [2.45, 2.75) is 31.9 Å². The molecule has 23 heavy (non-hydrogen) atoms. The third-order valence-electron chi connectivity index (χ3n) is 3.97. The largest absolute Gasteiger partial charge is 0.373 e. The van der Waals surface area contributed by atoms with Crippen LogP contribution in [0.2, 0.25) is 0 Å². The van der Waals surface area contributed by atoms with Gasteiger partial charge in [-0.15, -0.1) is 0 Å². The average molecular weight is 314 g/mol. The first-order valence-electron chi connectivity index (χ1n) is 7.59. The summed E-state index contributed by atoms with van der Waals surface area (Å²) in [6.45, 7) is 4.46. The van der Waals surface area contributed by atoms with E-state index in [0.717, 1.165) is 12.0 Å². The number of aromatic nitrogens is 1. The molecule has 1 atom stereocenters. The van der Waals surface area contributed by atoms with Crippen LogP contribution in [0.1, 0.15) is 30.6 Å². The zero-order valence-corrected chi connectivity index (χ0v) is 13.2. The highest BCUT2D eigenvalue weighted by Gasteiger charge is 2.32. The van der Waals surface area contributed by atoms with Crippen LogP contribution in [0, 0.1) is 5.82 Å². The van der Waals surface area contributed by atoms with E-state index in [1.54, 1.807) is 36.7 Å². The number of halogens is 1. The Morgan fingerprint density at radius 3 is 2.65 bits per heavy atom. The van der Waals surface area contributed by atoms with Crippen molar-refractivity contribution in [1.82, 2.24) is 10.3 Å². The minimum atomic E-state index is -0.424. The van der Waals surface area contributed by atoms with Crippen molar-refractivity contribution in [2.75, 3.05) is 6.61 Å². The lowest BCUT2D eigenvalue weighted by molar-refractivity contribution is 0.0355. The van der Waals surface area contributed by atoms with E-state index >= 15 is 0 Å². The molecule has 1 saturated heterocycles. The minimum absolute atomic E-state index is 0.0413. The molecule has 1 aromatic heterocycles. The number of pyridine rings is 1. The maximum atomic E-state index is 14.3. The summed E-state index contributed by atoms with van der Waals surface area (Å²) in [4.78, 5) is 16.2. The Morgan fingerprint density at radius 1 is 1.30 bits per heavy atom. The van der Waals surface area contributed by atoms with Crippen LogP contribution in [0.25, 0.3) is 11.1 Å². The number of amides is 1. The van der Waals surface area contributed by atoms with Crippen molar-refractivity contribution in [2.24, 2.45) is 0 Å². The van der Waals surface area contributed by atoms with Crippen LogP contribution in [-0.4, -0.2) is 29.1 Å². The first-order valence-corrected chi connectivity index (χ1v) is 7.59. The summed E-state index contributed by atoms with van der Waals surface area (Å²) in [5, 5.41) is 2.90. The highest BCUT2D eigenvalue weighted by Crippen LogP contribution is 2.25. The van der Waals surface area contributed by atoms with Gasteiger partial charge in [-0.1, -0.05) is 6.07 Å². The SMILES string of the molecule is CC1(C)CC(NC(=O)c2ccc(-c3ccncc3)c(F)c2)CO1. The molecule has 1 aliphatic rings. The summed E-state index contributed by atoms with van der Waals surface area (Å²) in [6, 6.07) is 7.95. The zero-order valence-electron chi connectivity index (χ0n) is 13.2. The van der Waals surface area contributed by atoms with E-state index in [1.807, 2.05) is 13.8 Å². The molecule has 1 N–H and O–H groups in total. The molecule has 4 nitrogen and oxygen atoms in total. The fraction of sp³-hybridized carbons (Fsp3) is 0.333. The summed E-state index contributed by atoms with van der Waals surface area (Å²) in [6.07, 6.45) is 3.96. The lowest BCUT2D eigenvalue weighted by Crippen LogP contribution is -2.35. The topological polar surface area (TPSA) is 51.2 Å². The molecule has 1 aromatic carbocycles. The molecule has 1 amide bonds. The van der Waals surface area contributed by atoms with Gasteiger partial charge in [0, 0.05) is 23.5 Å². The quantitative estimate of drug-likeness (QED) is 0.946. The van der Waals surface area contributed by atoms with Crippen molar-refractivity contribution in [1.29, 1.82) is 0 Å². The summed E-state index contributed by atoms with van der Waals surface area (Å²) in [5.41, 5.74) is 1.27. The smallest absolute Gasteiger partial charge is 0.251 e. The lowest BCUT2D eigenvalue weighted by Gasteiger charge is -2.16.